The summed E-state index contributed by atoms with van der Waals surface area (Å²) in [7, 11) is -2.38. The molecule has 0 aliphatic carbocycles. The van der Waals surface area contributed by atoms with Crippen LogP contribution in [0.5, 0.6) is 0 Å². The maximum Gasteiger partial charge on any atom is 0.333 e. The van der Waals surface area contributed by atoms with E-state index in [2.05, 4.69) is 53.1 Å². The zero-order valence-corrected chi connectivity index (χ0v) is 29.2. The van der Waals surface area contributed by atoms with Gasteiger partial charge in [0.25, 0.3) is 0 Å². The summed E-state index contributed by atoms with van der Waals surface area (Å²) in [5.41, 5.74) is 10.6. The number of aliphatic imine (C=N–C) groups is 1. The van der Waals surface area contributed by atoms with Crippen LogP contribution in [0.4, 0.5) is 23.3 Å². The molecule has 14 nitrogen and oxygen atoms in total. The highest BCUT2D eigenvalue weighted by Gasteiger charge is 2.34. The van der Waals surface area contributed by atoms with Crippen LogP contribution >= 0.6 is 23.6 Å². The lowest BCUT2D eigenvalue weighted by Crippen LogP contribution is -2.25. The average Bonchev–Trinajstić information content (AvgIpc) is 3.30. The second-order valence-electron chi connectivity index (χ2n) is 11.6. The van der Waals surface area contributed by atoms with Gasteiger partial charge in [0.1, 0.15) is 0 Å². The Morgan fingerprint density at radius 2 is 1.88 bits per heavy atom. The maximum absolute atomic E-state index is 11.4. The van der Waals surface area contributed by atoms with Gasteiger partial charge in [0.2, 0.25) is 17.2 Å². The third-order valence-electron chi connectivity index (χ3n) is 7.87. The van der Waals surface area contributed by atoms with Crippen molar-refractivity contribution in [3.05, 3.63) is 88.7 Å². The molecule has 49 heavy (non-hydrogen) atoms. The molecule has 0 atom stereocenters. The highest BCUT2D eigenvalue weighted by atomic mass is 35.5. The number of rotatable bonds is 15. The molecule has 0 saturated carbocycles. The monoisotopic (exact) mass is 726 g/mol. The van der Waals surface area contributed by atoms with Crippen LogP contribution in [0.3, 0.4) is 0 Å². The molecule has 0 saturated heterocycles. The minimum atomic E-state index is -4.35. The summed E-state index contributed by atoms with van der Waals surface area (Å²) in [4.78, 5) is 19.6. The second-order valence-corrected chi connectivity index (χ2v) is 13.9. The molecule has 0 amide bonds. The first-order valence-corrected chi connectivity index (χ1v) is 17.5. The van der Waals surface area contributed by atoms with Crippen molar-refractivity contribution in [2.75, 3.05) is 42.6 Å². The second kappa shape index (κ2) is 15.6. The Balaban J connectivity index is 1.33. The van der Waals surface area contributed by atoms with E-state index in [0.29, 0.717) is 25.5 Å². The fourth-order valence-electron chi connectivity index (χ4n) is 5.29. The molecule has 6 N–H and O–H groups in total. The van der Waals surface area contributed by atoms with Gasteiger partial charge in [0.05, 0.1) is 23.4 Å². The number of nitrogens with two attached hydrogens (primary N) is 1. The minimum absolute atomic E-state index is 0.000235. The molecular weight excluding hydrogens is 692 g/mol. The number of aromatic nitrogens is 3. The summed E-state index contributed by atoms with van der Waals surface area (Å²) in [6, 6.07) is 17.7. The van der Waals surface area contributed by atoms with Crippen molar-refractivity contribution < 1.29 is 27.6 Å². The summed E-state index contributed by atoms with van der Waals surface area (Å²) >= 11 is 6.73. The number of hydrogen-bond donors (Lipinski definition) is 5. The van der Waals surface area contributed by atoms with Crippen LogP contribution in [0, 0.1) is 0 Å². The summed E-state index contributed by atoms with van der Waals surface area (Å²) in [5, 5.41) is 17.2. The molecule has 2 heterocycles. The van der Waals surface area contributed by atoms with Crippen molar-refractivity contribution >= 4 is 79.8 Å². The van der Waals surface area contributed by atoms with Gasteiger partial charge in [-0.15, -0.1) is 4.33 Å². The van der Waals surface area contributed by atoms with Gasteiger partial charge in [0.15, 0.2) is 0 Å². The van der Waals surface area contributed by atoms with Crippen molar-refractivity contribution in [2.45, 2.75) is 30.6 Å². The predicted molar refractivity (Wildman–Crippen MR) is 193 cm³/mol. The summed E-state index contributed by atoms with van der Waals surface area (Å²) < 4.78 is 38.7. The highest BCUT2D eigenvalue weighted by Crippen LogP contribution is 2.45. The smallest absolute Gasteiger partial charge is 0.333 e. The van der Waals surface area contributed by atoms with Crippen LogP contribution in [0.2, 0.25) is 5.28 Å². The Hall–Kier alpha value is -4.13. The van der Waals surface area contributed by atoms with Gasteiger partial charge in [-0.1, -0.05) is 61.4 Å². The number of nitrogen functional groups attached to an aromatic ring is 1. The number of allylic oxidation sites excluding steroid dienone is 2. The maximum atomic E-state index is 11.4. The molecule has 17 heteroatoms. The Morgan fingerprint density at radius 3 is 2.59 bits per heavy atom. The number of hydrogen-bond acceptors (Lipinski definition) is 13. The lowest BCUT2D eigenvalue weighted by molar-refractivity contribution is -0.432. The molecule has 1 aliphatic heterocycles. The van der Waals surface area contributed by atoms with Crippen molar-refractivity contribution in [3.8, 4) is 0 Å². The third-order valence-corrected chi connectivity index (χ3v) is 9.18. The Morgan fingerprint density at radius 1 is 1.10 bits per heavy atom. The van der Waals surface area contributed by atoms with Crippen LogP contribution in [0.25, 0.3) is 16.8 Å². The third kappa shape index (κ3) is 9.52. The van der Waals surface area contributed by atoms with E-state index < -0.39 is 15.7 Å². The SMILES string of the molecule is CN(CCNc1nc(N)nc(Cl)n1)c1ccc(C=CC(=CC2=Nc3c(ccc4cc(SOOO)ccc34)C2(C)C)CCNS(=O)(=O)O)cc1. The van der Waals surface area contributed by atoms with E-state index in [1.165, 1.54) is 0 Å². The summed E-state index contributed by atoms with van der Waals surface area (Å²) in [5.74, 6) is 0.350. The molecule has 258 valence electrons. The van der Waals surface area contributed by atoms with Crippen molar-refractivity contribution in [2.24, 2.45) is 4.99 Å². The van der Waals surface area contributed by atoms with Gasteiger partial charge < -0.3 is 16.0 Å². The Labute approximate surface area is 293 Å². The quantitative estimate of drug-likeness (QED) is 0.0314. The molecule has 3 aromatic carbocycles. The molecule has 1 aliphatic rings. The molecule has 1 aromatic heterocycles. The number of benzene rings is 3. The lowest BCUT2D eigenvalue weighted by Gasteiger charge is -2.21. The predicted octanol–water partition coefficient (Wildman–Crippen LogP) is 6.02. The zero-order chi connectivity index (χ0) is 35.2. The van der Waals surface area contributed by atoms with Gasteiger partial charge in [-0.3, -0.25) is 9.55 Å². The molecule has 0 radical (unpaired) electrons. The average molecular weight is 727 g/mol. The van der Waals surface area contributed by atoms with Gasteiger partial charge in [0, 0.05) is 48.1 Å². The lowest BCUT2D eigenvalue weighted by atomic mass is 9.80. The number of halogens is 1. The fraction of sp³-hybridized carbons (Fsp3) is 0.250. The molecule has 0 unspecified atom stereocenters. The Bertz CT molecular complexity index is 2000. The van der Waals surface area contributed by atoms with Crippen LogP contribution in [0.15, 0.2) is 82.2 Å². The molecular formula is C32H35ClN8O6S2. The van der Waals surface area contributed by atoms with Crippen LogP contribution < -0.4 is 20.7 Å². The zero-order valence-electron chi connectivity index (χ0n) is 26.8. The van der Waals surface area contributed by atoms with Crippen molar-refractivity contribution in [1.29, 1.82) is 0 Å². The van der Waals surface area contributed by atoms with Crippen molar-refractivity contribution in [3.63, 3.8) is 0 Å². The van der Waals surface area contributed by atoms with Crippen LogP contribution in [0.1, 0.15) is 31.4 Å². The topological polar surface area (TPSA) is 197 Å². The number of nitrogens with one attached hydrogen (secondary N) is 2. The van der Waals surface area contributed by atoms with Gasteiger partial charge in [-0.25, -0.2) is 5.26 Å². The van der Waals surface area contributed by atoms with E-state index in [1.54, 1.807) is 0 Å². The van der Waals surface area contributed by atoms with E-state index in [-0.39, 0.29) is 17.8 Å². The first-order valence-electron chi connectivity index (χ1n) is 15.0. The number of nitrogens with zero attached hydrogens (tertiary/aromatic N) is 5. The first kappa shape index (κ1) is 36.2. The molecule has 0 spiro atoms. The number of likely N-dealkylation sites (N-methyl/N-ethyl adjacent to an activating group) is 1. The van der Waals surface area contributed by atoms with E-state index in [4.69, 9.17) is 27.6 Å². The normalized spacial score (nSPS) is 14.3. The van der Waals surface area contributed by atoms with Gasteiger partial charge in [-0.2, -0.15) is 28.1 Å². The Kier molecular flexibility index (Phi) is 11.5. The standard InChI is InChI=1S/C32H35ClN8O6S2/c1-32(2)26-13-8-22-19-24(48-47-46-42)11-12-25(22)28(26)37-27(32)18-21(14-15-36-49(43,44)45)5-4-20-6-9-23(10-7-20)41(3)17-16-35-31-39-29(33)38-30(34)40-31/h4-13,18-19,36,42H,14-17H2,1-3H3,(H,43,44,45)(H3,34,35,38,39,40). The molecule has 0 fully saturated rings. The van der Waals surface area contributed by atoms with Crippen molar-refractivity contribution in [1.82, 2.24) is 19.7 Å². The van der Waals surface area contributed by atoms with E-state index in [0.717, 1.165) is 61.5 Å². The summed E-state index contributed by atoms with van der Waals surface area (Å²) in [6.45, 7) is 5.37. The van der Waals surface area contributed by atoms with E-state index in [1.807, 2.05) is 79.9 Å². The number of anilines is 3. The molecule has 5 rings (SSSR count). The van der Waals surface area contributed by atoms with E-state index >= 15 is 0 Å². The van der Waals surface area contributed by atoms with E-state index in [9.17, 15) is 13.0 Å². The van der Waals surface area contributed by atoms with Crippen LogP contribution in [-0.2, 0) is 25.1 Å². The highest BCUT2D eigenvalue weighted by molar-refractivity contribution is 7.94. The largest absolute Gasteiger partial charge is 0.373 e. The van der Waals surface area contributed by atoms with Gasteiger partial charge in [-0.05, 0) is 70.4 Å². The molecule has 4 aromatic rings. The van der Waals surface area contributed by atoms with Gasteiger partial charge >= 0.3 is 10.3 Å². The fourth-order valence-corrected chi connectivity index (χ4v) is 6.22. The minimum Gasteiger partial charge on any atom is -0.373 e. The first-order chi connectivity index (χ1) is 23.3. The molecule has 0 bridgehead atoms. The number of fused-ring (bicyclic) bond motifs is 3. The van der Waals surface area contributed by atoms with Crippen LogP contribution in [-0.4, -0.2) is 65.6 Å². The summed E-state index contributed by atoms with van der Waals surface area (Å²) in [6.07, 6.45) is 6.14.